The maximum absolute atomic E-state index is 2.53. The molecule has 1 spiro atoms. The van der Waals surface area contributed by atoms with Crippen molar-refractivity contribution in [2.45, 2.75) is 38.0 Å². The summed E-state index contributed by atoms with van der Waals surface area (Å²) in [7, 11) is 0. The summed E-state index contributed by atoms with van der Waals surface area (Å²) in [6, 6.07) is 79.7. The predicted molar refractivity (Wildman–Crippen MR) is 281 cm³/mol. The number of allylic oxidation sites excluding steroid dienone is 4. The molecular formula is C65H50N2. The molecule has 1 aliphatic heterocycles. The van der Waals surface area contributed by atoms with Crippen LogP contribution in [0.25, 0.3) is 55.3 Å². The first kappa shape index (κ1) is 39.4. The summed E-state index contributed by atoms with van der Waals surface area (Å²) in [6.07, 6.45) is 7.82. The average Bonchev–Trinajstić information content (AvgIpc) is 3.72. The second-order valence-electron chi connectivity index (χ2n) is 19.4. The normalized spacial score (nSPS) is 17.5. The second kappa shape index (κ2) is 15.1. The molecule has 3 aliphatic rings. The zero-order valence-corrected chi connectivity index (χ0v) is 38.1. The van der Waals surface area contributed by atoms with Crippen molar-refractivity contribution in [3.05, 3.63) is 269 Å². The fourth-order valence-corrected chi connectivity index (χ4v) is 12.1. The van der Waals surface area contributed by atoms with Gasteiger partial charge in [0.05, 0.1) is 22.1 Å². The van der Waals surface area contributed by atoms with Crippen LogP contribution < -0.4 is 4.90 Å². The highest BCUT2D eigenvalue weighted by Gasteiger charge is 2.52. The number of nitrogens with zero attached hydrogens (tertiary/aromatic N) is 2. The van der Waals surface area contributed by atoms with Gasteiger partial charge in [-0.3, -0.25) is 0 Å². The Bertz CT molecular complexity index is 3620. The quantitative estimate of drug-likeness (QED) is 0.162. The molecule has 2 atom stereocenters. The van der Waals surface area contributed by atoms with Crippen LogP contribution in [0.4, 0.5) is 17.1 Å². The molecule has 2 heteroatoms. The largest absolute Gasteiger partial charge is 0.311 e. The van der Waals surface area contributed by atoms with Crippen LogP contribution in [0.2, 0.25) is 0 Å². The maximum Gasteiger partial charge on any atom is 0.0748 e. The maximum atomic E-state index is 2.53. The van der Waals surface area contributed by atoms with Crippen LogP contribution in [0.3, 0.4) is 0 Å². The molecule has 0 fully saturated rings. The molecule has 0 radical (unpaired) electrons. The van der Waals surface area contributed by atoms with E-state index in [1.54, 1.807) is 0 Å². The lowest BCUT2D eigenvalue weighted by Gasteiger charge is -2.50. The van der Waals surface area contributed by atoms with Gasteiger partial charge in [0.25, 0.3) is 0 Å². The van der Waals surface area contributed by atoms with E-state index in [9.17, 15) is 0 Å². The van der Waals surface area contributed by atoms with Gasteiger partial charge in [0.1, 0.15) is 0 Å². The minimum absolute atomic E-state index is 0.221. The highest BCUT2D eigenvalue weighted by molar-refractivity contribution is 6.12. The molecule has 67 heavy (non-hydrogen) atoms. The van der Waals surface area contributed by atoms with Crippen LogP contribution >= 0.6 is 0 Å². The summed E-state index contributed by atoms with van der Waals surface area (Å²) >= 11 is 0. The number of para-hydroxylation sites is 3. The Morgan fingerprint density at radius 1 is 0.448 bits per heavy atom. The number of rotatable bonds is 6. The van der Waals surface area contributed by atoms with Gasteiger partial charge in [0.2, 0.25) is 0 Å². The zero-order chi connectivity index (χ0) is 44.9. The summed E-state index contributed by atoms with van der Waals surface area (Å²) in [5.74, 6) is 0.543. The number of fused-ring (bicyclic) bond motifs is 11. The van der Waals surface area contributed by atoms with E-state index in [-0.39, 0.29) is 5.41 Å². The van der Waals surface area contributed by atoms with E-state index in [2.05, 4.69) is 261 Å². The van der Waals surface area contributed by atoms with Gasteiger partial charge in [-0.05, 0) is 134 Å². The van der Waals surface area contributed by atoms with Crippen LogP contribution in [-0.2, 0) is 10.8 Å². The highest BCUT2D eigenvalue weighted by Crippen LogP contribution is 2.61. The lowest BCUT2D eigenvalue weighted by molar-refractivity contribution is 0.556. The molecular weight excluding hydrogens is 809 g/mol. The third-order valence-electron chi connectivity index (χ3n) is 15.2. The molecule has 0 N–H and O–H groups in total. The lowest BCUT2D eigenvalue weighted by Crippen LogP contribution is -2.44. The van der Waals surface area contributed by atoms with Gasteiger partial charge in [-0.2, -0.15) is 0 Å². The van der Waals surface area contributed by atoms with Crippen LogP contribution in [-0.4, -0.2) is 4.57 Å². The Balaban J connectivity index is 0.969. The van der Waals surface area contributed by atoms with Crippen LogP contribution in [0.1, 0.15) is 66.1 Å². The van der Waals surface area contributed by atoms with Crippen molar-refractivity contribution >= 4 is 44.4 Å². The Morgan fingerprint density at radius 3 is 1.70 bits per heavy atom. The van der Waals surface area contributed by atoms with E-state index in [0.717, 1.165) is 23.5 Å². The lowest BCUT2D eigenvalue weighted by atomic mass is 9.53. The average molecular weight is 859 g/mol. The first-order valence-electron chi connectivity index (χ1n) is 23.8. The first-order chi connectivity index (χ1) is 32.9. The van der Waals surface area contributed by atoms with Crippen molar-refractivity contribution < 1.29 is 0 Å². The molecule has 10 aromatic rings. The van der Waals surface area contributed by atoms with Gasteiger partial charge in [-0.25, -0.2) is 0 Å². The van der Waals surface area contributed by atoms with E-state index in [0.29, 0.717) is 5.92 Å². The summed E-state index contributed by atoms with van der Waals surface area (Å²) in [6.45, 7) is 7.12. The Hall–Kier alpha value is -7.94. The van der Waals surface area contributed by atoms with E-state index >= 15 is 0 Å². The van der Waals surface area contributed by atoms with Gasteiger partial charge in [0.15, 0.2) is 0 Å². The molecule has 2 unspecified atom stereocenters. The molecule has 1 aromatic heterocycles. The van der Waals surface area contributed by atoms with E-state index in [1.165, 1.54) is 94.3 Å². The number of hydrogen-bond donors (Lipinski definition) is 0. The minimum atomic E-state index is -0.547. The standard InChI is InChI=1S/C65H50N2/c1-43-15-13-18-48(41-43)46-29-36-51(37-30-46)66(50-34-27-45(28-35-50)44-16-5-4-6-17-44)52-38-31-47(32-39-52)49-33-40-56-60(42-49)65(57-22-9-8-21-55(57)64(56,2)3)58-23-10-12-26-62(58)67-61-25-11-7-19-53(61)54-20-14-24-59(65)63(54)67/h4-40,42-43H,41H2,1-3H3. The predicted octanol–water partition coefficient (Wildman–Crippen LogP) is 16.9. The summed E-state index contributed by atoms with van der Waals surface area (Å²) in [4.78, 5) is 2.39. The van der Waals surface area contributed by atoms with Gasteiger partial charge in [0, 0.05) is 33.2 Å². The Labute approximate surface area is 393 Å². The van der Waals surface area contributed by atoms with Gasteiger partial charge in [-0.1, -0.05) is 197 Å². The monoisotopic (exact) mass is 858 g/mol. The Kier molecular flexibility index (Phi) is 8.86. The van der Waals surface area contributed by atoms with Crippen LogP contribution in [0.15, 0.2) is 231 Å². The van der Waals surface area contributed by atoms with Crippen molar-refractivity contribution in [2.75, 3.05) is 4.90 Å². The van der Waals surface area contributed by atoms with Crippen molar-refractivity contribution in [3.63, 3.8) is 0 Å². The van der Waals surface area contributed by atoms with E-state index < -0.39 is 5.41 Å². The van der Waals surface area contributed by atoms with Gasteiger partial charge < -0.3 is 9.47 Å². The van der Waals surface area contributed by atoms with E-state index in [4.69, 9.17) is 0 Å². The van der Waals surface area contributed by atoms with Crippen LogP contribution in [0.5, 0.6) is 0 Å². The fourth-order valence-electron chi connectivity index (χ4n) is 12.1. The van der Waals surface area contributed by atoms with Crippen LogP contribution in [0, 0.1) is 5.92 Å². The molecule has 2 nitrogen and oxygen atoms in total. The second-order valence-corrected chi connectivity index (χ2v) is 19.4. The molecule has 0 saturated heterocycles. The molecule has 2 aliphatic carbocycles. The third kappa shape index (κ3) is 5.89. The molecule has 0 saturated carbocycles. The Morgan fingerprint density at radius 2 is 0.985 bits per heavy atom. The van der Waals surface area contributed by atoms with Crippen molar-refractivity contribution in [3.8, 4) is 27.9 Å². The van der Waals surface area contributed by atoms with E-state index in [1.807, 2.05) is 0 Å². The number of aromatic nitrogens is 1. The molecule has 9 aromatic carbocycles. The summed E-state index contributed by atoms with van der Waals surface area (Å²) in [5.41, 5.74) is 22.0. The van der Waals surface area contributed by atoms with Gasteiger partial charge in [-0.15, -0.1) is 0 Å². The molecule has 0 amide bonds. The summed E-state index contributed by atoms with van der Waals surface area (Å²) in [5, 5.41) is 2.58. The van der Waals surface area contributed by atoms with Crippen molar-refractivity contribution in [1.29, 1.82) is 0 Å². The zero-order valence-electron chi connectivity index (χ0n) is 38.1. The smallest absolute Gasteiger partial charge is 0.0748 e. The molecule has 13 rings (SSSR count). The highest BCUT2D eigenvalue weighted by atomic mass is 15.1. The molecule has 2 heterocycles. The minimum Gasteiger partial charge on any atom is -0.311 e. The molecule has 320 valence electrons. The number of hydrogen-bond acceptors (Lipinski definition) is 1. The van der Waals surface area contributed by atoms with Crippen molar-refractivity contribution in [2.24, 2.45) is 5.92 Å². The number of benzene rings is 9. The van der Waals surface area contributed by atoms with Gasteiger partial charge >= 0.3 is 0 Å². The SMILES string of the molecule is CC1C=CC=C(c2ccc(N(c3ccc(-c4ccccc4)cc3)c3ccc(-c4ccc5c(c4)C4(c6ccccc6-n6c7ccccc7c7cccc4c76)c4ccccc4C5(C)C)cc3)cc2)C1. The topological polar surface area (TPSA) is 8.17 Å². The van der Waals surface area contributed by atoms with Crippen molar-refractivity contribution in [1.82, 2.24) is 4.57 Å². The number of anilines is 3. The fraction of sp³-hybridized carbons (Fsp3) is 0.108. The molecule has 0 bridgehead atoms. The first-order valence-corrected chi connectivity index (χ1v) is 23.8. The third-order valence-corrected chi connectivity index (χ3v) is 15.2. The summed E-state index contributed by atoms with van der Waals surface area (Å²) < 4.78 is 2.53.